The number of aliphatic hydroxyl groups is 2. The molecule has 0 bridgehead atoms. The molecule has 2 N–H and O–H groups in total. The number of benzene rings is 1. The minimum Gasteiger partial charge on any atom is -0.496 e. The fourth-order valence-electron chi connectivity index (χ4n) is 1.56. The zero-order valence-electron chi connectivity index (χ0n) is 9.23. The SMILES string of the molecule is COc1ccc(C)cc1CC(CO)CO. The molecule has 0 aliphatic heterocycles. The zero-order chi connectivity index (χ0) is 11.3. The van der Waals surface area contributed by atoms with Crippen LogP contribution in [-0.2, 0) is 6.42 Å². The third-order valence-electron chi connectivity index (χ3n) is 2.46. The van der Waals surface area contributed by atoms with E-state index in [-0.39, 0.29) is 19.1 Å². The lowest BCUT2D eigenvalue weighted by Gasteiger charge is -2.14. The van der Waals surface area contributed by atoms with Crippen molar-refractivity contribution in [1.29, 1.82) is 0 Å². The monoisotopic (exact) mass is 210 g/mol. The number of ether oxygens (including phenoxy) is 1. The minimum atomic E-state index is -0.110. The Morgan fingerprint density at radius 2 is 1.93 bits per heavy atom. The summed E-state index contributed by atoms with van der Waals surface area (Å²) in [6, 6.07) is 5.92. The Hall–Kier alpha value is -1.06. The van der Waals surface area contributed by atoms with Crippen LogP contribution in [0.4, 0.5) is 0 Å². The summed E-state index contributed by atoms with van der Waals surface area (Å²) in [4.78, 5) is 0. The molecule has 0 unspecified atom stereocenters. The van der Waals surface area contributed by atoms with Crippen LogP contribution < -0.4 is 4.74 Å². The van der Waals surface area contributed by atoms with Crippen molar-refractivity contribution in [3.63, 3.8) is 0 Å². The summed E-state index contributed by atoms with van der Waals surface area (Å²) in [5.41, 5.74) is 2.19. The lowest BCUT2D eigenvalue weighted by Crippen LogP contribution is -2.14. The smallest absolute Gasteiger partial charge is 0.122 e. The first-order valence-corrected chi connectivity index (χ1v) is 5.06. The summed E-state index contributed by atoms with van der Waals surface area (Å²) in [7, 11) is 1.63. The number of aliphatic hydroxyl groups excluding tert-OH is 2. The third-order valence-corrected chi connectivity index (χ3v) is 2.46. The van der Waals surface area contributed by atoms with E-state index in [4.69, 9.17) is 14.9 Å². The minimum absolute atomic E-state index is 0.00635. The maximum absolute atomic E-state index is 9.02. The largest absolute Gasteiger partial charge is 0.496 e. The van der Waals surface area contributed by atoms with E-state index in [1.807, 2.05) is 25.1 Å². The van der Waals surface area contributed by atoms with Crippen LogP contribution in [0.2, 0.25) is 0 Å². The summed E-state index contributed by atoms with van der Waals surface area (Å²) in [5, 5.41) is 18.0. The van der Waals surface area contributed by atoms with Gasteiger partial charge in [0.05, 0.1) is 7.11 Å². The summed E-state index contributed by atoms with van der Waals surface area (Å²) in [5.74, 6) is 0.702. The van der Waals surface area contributed by atoms with Gasteiger partial charge < -0.3 is 14.9 Å². The molecule has 0 saturated carbocycles. The van der Waals surface area contributed by atoms with Gasteiger partial charge in [-0.2, -0.15) is 0 Å². The number of hydrogen-bond donors (Lipinski definition) is 2. The van der Waals surface area contributed by atoms with Crippen molar-refractivity contribution < 1.29 is 14.9 Å². The molecule has 0 atom stereocenters. The number of aryl methyl sites for hydroxylation is 1. The predicted molar refractivity (Wildman–Crippen MR) is 59.1 cm³/mol. The van der Waals surface area contributed by atoms with Gasteiger partial charge in [-0.05, 0) is 25.0 Å². The van der Waals surface area contributed by atoms with Gasteiger partial charge in [-0.25, -0.2) is 0 Å². The Labute approximate surface area is 90.3 Å². The molecular weight excluding hydrogens is 192 g/mol. The lowest BCUT2D eigenvalue weighted by molar-refractivity contribution is 0.149. The van der Waals surface area contributed by atoms with E-state index in [1.165, 1.54) is 0 Å². The Morgan fingerprint density at radius 3 is 2.47 bits per heavy atom. The maximum Gasteiger partial charge on any atom is 0.122 e. The normalized spacial score (nSPS) is 10.7. The second kappa shape index (κ2) is 5.73. The molecule has 1 aromatic rings. The second-order valence-electron chi connectivity index (χ2n) is 3.75. The van der Waals surface area contributed by atoms with Gasteiger partial charge in [0, 0.05) is 19.1 Å². The van der Waals surface area contributed by atoms with E-state index in [9.17, 15) is 0 Å². The van der Waals surface area contributed by atoms with E-state index in [1.54, 1.807) is 7.11 Å². The standard InChI is InChI=1S/C12H18O3/c1-9-3-4-12(15-2)11(5-9)6-10(7-13)8-14/h3-5,10,13-14H,6-8H2,1-2H3. The van der Waals surface area contributed by atoms with Gasteiger partial charge in [-0.1, -0.05) is 17.7 Å². The number of hydrogen-bond acceptors (Lipinski definition) is 3. The summed E-state index contributed by atoms with van der Waals surface area (Å²) >= 11 is 0. The quantitative estimate of drug-likeness (QED) is 0.766. The van der Waals surface area contributed by atoms with Crippen molar-refractivity contribution in [2.24, 2.45) is 5.92 Å². The van der Waals surface area contributed by atoms with Crippen molar-refractivity contribution >= 4 is 0 Å². The molecule has 15 heavy (non-hydrogen) atoms. The summed E-state index contributed by atoms with van der Waals surface area (Å²) in [6.07, 6.45) is 0.637. The van der Waals surface area contributed by atoms with Gasteiger partial charge in [0.15, 0.2) is 0 Å². The molecule has 0 amide bonds. The molecule has 0 saturated heterocycles. The van der Waals surface area contributed by atoms with Crippen LogP contribution in [0.5, 0.6) is 5.75 Å². The average Bonchev–Trinajstić information content (AvgIpc) is 2.26. The van der Waals surface area contributed by atoms with E-state index >= 15 is 0 Å². The van der Waals surface area contributed by atoms with Crippen molar-refractivity contribution in [2.45, 2.75) is 13.3 Å². The van der Waals surface area contributed by atoms with Gasteiger partial charge in [0.2, 0.25) is 0 Å². The molecule has 1 aromatic carbocycles. The Kier molecular flexibility index (Phi) is 4.59. The van der Waals surface area contributed by atoms with Crippen LogP contribution in [0.3, 0.4) is 0 Å². The number of rotatable bonds is 5. The lowest BCUT2D eigenvalue weighted by atomic mass is 9.98. The van der Waals surface area contributed by atoms with Gasteiger partial charge >= 0.3 is 0 Å². The second-order valence-corrected chi connectivity index (χ2v) is 3.75. The van der Waals surface area contributed by atoms with E-state index < -0.39 is 0 Å². The average molecular weight is 210 g/mol. The van der Waals surface area contributed by atoms with Crippen LogP contribution in [0.25, 0.3) is 0 Å². The molecule has 0 aliphatic carbocycles. The van der Waals surface area contributed by atoms with E-state index in [0.717, 1.165) is 16.9 Å². The Morgan fingerprint density at radius 1 is 1.27 bits per heavy atom. The molecule has 0 heterocycles. The molecular formula is C12H18O3. The molecule has 0 aromatic heterocycles. The molecule has 1 rings (SSSR count). The molecule has 3 nitrogen and oxygen atoms in total. The molecule has 3 heteroatoms. The van der Waals surface area contributed by atoms with Crippen molar-refractivity contribution in [2.75, 3.05) is 20.3 Å². The van der Waals surface area contributed by atoms with Crippen LogP contribution in [0.15, 0.2) is 18.2 Å². The number of methoxy groups -OCH3 is 1. The molecule has 0 fully saturated rings. The fourth-order valence-corrected chi connectivity index (χ4v) is 1.56. The van der Waals surface area contributed by atoms with Gasteiger partial charge in [0.1, 0.15) is 5.75 Å². The van der Waals surface area contributed by atoms with Gasteiger partial charge in [-0.3, -0.25) is 0 Å². The highest BCUT2D eigenvalue weighted by Gasteiger charge is 2.11. The zero-order valence-corrected chi connectivity index (χ0v) is 9.23. The van der Waals surface area contributed by atoms with Crippen molar-refractivity contribution in [3.8, 4) is 5.75 Å². The van der Waals surface area contributed by atoms with Gasteiger partial charge in [0.25, 0.3) is 0 Å². The van der Waals surface area contributed by atoms with Crippen molar-refractivity contribution in [3.05, 3.63) is 29.3 Å². The van der Waals surface area contributed by atoms with Crippen LogP contribution in [0, 0.1) is 12.8 Å². The first-order valence-electron chi connectivity index (χ1n) is 5.06. The molecule has 84 valence electrons. The van der Waals surface area contributed by atoms with Crippen molar-refractivity contribution in [1.82, 2.24) is 0 Å². The van der Waals surface area contributed by atoms with Gasteiger partial charge in [-0.15, -0.1) is 0 Å². The van der Waals surface area contributed by atoms with E-state index in [0.29, 0.717) is 6.42 Å². The van der Waals surface area contributed by atoms with Crippen LogP contribution >= 0.6 is 0 Å². The molecule has 0 aliphatic rings. The maximum atomic E-state index is 9.02. The fraction of sp³-hybridized carbons (Fsp3) is 0.500. The third kappa shape index (κ3) is 3.22. The summed E-state index contributed by atoms with van der Waals surface area (Å²) < 4.78 is 5.23. The predicted octanol–water partition coefficient (Wildman–Crippen LogP) is 1.15. The first-order chi connectivity index (χ1) is 7.21. The van der Waals surface area contributed by atoms with Crippen LogP contribution in [-0.4, -0.2) is 30.5 Å². The Balaban J connectivity index is 2.86. The highest BCUT2D eigenvalue weighted by molar-refractivity contribution is 5.37. The summed E-state index contributed by atoms with van der Waals surface area (Å²) in [6.45, 7) is 2.00. The molecule has 0 spiro atoms. The molecule has 0 radical (unpaired) electrons. The van der Waals surface area contributed by atoms with E-state index in [2.05, 4.69) is 0 Å². The topological polar surface area (TPSA) is 49.7 Å². The van der Waals surface area contributed by atoms with Crippen LogP contribution in [0.1, 0.15) is 11.1 Å². The highest BCUT2D eigenvalue weighted by atomic mass is 16.5. The highest BCUT2D eigenvalue weighted by Crippen LogP contribution is 2.22. The first kappa shape index (κ1) is 12.0. The Bertz CT molecular complexity index is 306.